The van der Waals surface area contributed by atoms with Gasteiger partial charge in [-0.2, -0.15) is 0 Å². The summed E-state index contributed by atoms with van der Waals surface area (Å²) in [4.78, 5) is 39.0. The summed E-state index contributed by atoms with van der Waals surface area (Å²) in [5, 5.41) is 3.10. The Morgan fingerprint density at radius 2 is 1.67 bits per heavy atom. The van der Waals surface area contributed by atoms with E-state index in [9.17, 15) is 14.4 Å². The van der Waals surface area contributed by atoms with Crippen molar-refractivity contribution in [2.45, 2.75) is 69.5 Å². The first kappa shape index (κ1) is 21.0. The third kappa shape index (κ3) is 4.75. The number of carbonyl (C=O) groups excluding carboxylic acids is 3. The minimum Gasteiger partial charge on any atom is -0.370 e. The molecule has 1 atom stereocenters. The van der Waals surface area contributed by atoms with Gasteiger partial charge in [-0.05, 0) is 38.5 Å². The molecule has 1 saturated carbocycles. The molecule has 3 aliphatic rings. The summed E-state index contributed by atoms with van der Waals surface area (Å²) < 4.78 is 6.36. The Labute approximate surface area is 178 Å². The van der Waals surface area contributed by atoms with E-state index in [1.165, 1.54) is 6.42 Å². The molecule has 2 aliphatic heterocycles. The molecule has 3 fully saturated rings. The van der Waals surface area contributed by atoms with Crippen LogP contribution in [0, 0.1) is 5.92 Å². The van der Waals surface area contributed by atoms with Crippen LogP contribution in [0.5, 0.6) is 0 Å². The highest BCUT2D eigenvalue weighted by Gasteiger charge is 2.43. The standard InChI is InChI=1S/C24H32N2O4/c27-21(18-7-3-1-4-8-18)23(29)26-15-13-24(14-16-26)12-11-20(30-24)17-25-22(28)19-9-5-2-6-10-19/h1,3-4,7-8,19-20H,2,5-6,9-17H2,(H,25,28)/t20-/m0/s1. The predicted octanol–water partition coefficient (Wildman–Crippen LogP) is 3.11. The van der Waals surface area contributed by atoms with Gasteiger partial charge in [0.15, 0.2) is 0 Å². The summed E-state index contributed by atoms with van der Waals surface area (Å²) in [6.07, 6.45) is 8.99. The summed E-state index contributed by atoms with van der Waals surface area (Å²) in [6.45, 7) is 1.66. The van der Waals surface area contributed by atoms with Gasteiger partial charge < -0.3 is 15.0 Å². The number of amides is 2. The van der Waals surface area contributed by atoms with Gasteiger partial charge in [-0.15, -0.1) is 0 Å². The molecular formula is C24H32N2O4. The zero-order valence-corrected chi connectivity index (χ0v) is 17.6. The Bertz CT molecular complexity index is 765. The number of benzene rings is 1. The molecule has 0 aromatic heterocycles. The highest BCUT2D eigenvalue weighted by atomic mass is 16.5. The second-order valence-electron chi connectivity index (χ2n) is 9.03. The fourth-order valence-electron chi connectivity index (χ4n) is 5.10. The Kier molecular flexibility index (Phi) is 6.52. The number of likely N-dealkylation sites (tertiary alicyclic amines) is 1. The smallest absolute Gasteiger partial charge is 0.294 e. The first-order valence-electron chi connectivity index (χ1n) is 11.4. The van der Waals surface area contributed by atoms with Crippen molar-refractivity contribution in [1.82, 2.24) is 10.2 Å². The Hall–Kier alpha value is -2.21. The Balaban J connectivity index is 1.23. The summed E-state index contributed by atoms with van der Waals surface area (Å²) >= 11 is 0. The van der Waals surface area contributed by atoms with E-state index in [4.69, 9.17) is 4.74 Å². The van der Waals surface area contributed by atoms with Gasteiger partial charge >= 0.3 is 0 Å². The van der Waals surface area contributed by atoms with Crippen LogP contribution < -0.4 is 5.32 Å². The van der Waals surface area contributed by atoms with E-state index in [0.717, 1.165) is 51.4 Å². The van der Waals surface area contributed by atoms with Crippen molar-refractivity contribution < 1.29 is 19.1 Å². The van der Waals surface area contributed by atoms with Crippen LogP contribution in [0.4, 0.5) is 0 Å². The van der Waals surface area contributed by atoms with Gasteiger partial charge in [-0.3, -0.25) is 14.4 Å². The highest BCUT2D eigenvalue weighted by Crippen LogP contribution is 2.39. The first-order valence-corrected chi connectivity index (χ1v) is 11.4. The average molecular weight is 413 g/mol. The van der Waals surface area contributed by atoms with Crippen LogP contribution in [0.3, 0.4) is 0 Å². The second-order valence-corrected chi connectivity index (χ2v) is 9.03. The minimum absolute atomic E-state index is 0.0470. The molecule has 6 heteroatoms. The average Bonchev–Trinajstić information content (AvgIpc) is 3.20. The molecule has 1 aromatic carbocycles. The molecule has 1 aliphatic carbocycles. The van der Waals surface area contributed by atoms with Crippen molar-refractivity contribution in [2.75, 3.05) is 19.6 Å². The number of ether oxygens (including phenoxy) is 1. The van der Waals surface area contributed by atoms with Gasteiger partial charge in [0, 0.05) is 31.1 Å². The number of nitrogens with zero attached hydrogens (tertiary/aromatic N) is 1. The molecule has 2 saturated heterocycles. The number of ketones is 1. The van der Waals surface area contributed by atoms with Crippen LogP contribution in [0.15, 0.2) is 30.3 Å². The molecule has 2 heterocycles. The lowest BCUT2D eigenvalue weighted by Gasteiger charge is -2.39. The SMILES string of the molecule is O=C(C(=O)N1CCC2(CC[C@@H](CNC(=O)C3CCCCC3)O2)CC1)c1ccccc1. The Morgan fingerprint density at radius 3 is 2.37 bits per heavy atom. The third-order valence-electron chi connectivity index (χ3n) is 7.01. The van der Waals surface area contributed by atoms with Crippen LogP contribution in [-0.4, -0.2) is 53.8 Å². The molecule has 2 amide bonds. The van der Waals surface area contributed by atoms with Crippen LogP contribution in [0.2, 0.25) is 0 Å². The summed E-state index contributed by atoms with van der Waals surface area (Å²) in [5.74, 6) is -0.517. The van der Waals surface area contributed by atoms with E-state index >= 15 is 0 Å². The van der Waals surface area contributed by atoms with E-state index in [1.807, 2.05) is 6.07 Å². The monoisotopic (exact) mass is 412 g/mol. The lowest BCUT2D eigenvalue weighted by atomic mass is 9.88. The van der Waals surface area contributed by atoms with E-state index in [2.05, 4.69) is 5.32 Å². The van der Waals surface area contributed by atoms with Crippen LogP contribution >= 0.6 is 0 Å². The van der Waals surface area contributed by atoms with E-state index in [1.54, 1.807) is 29.2 Å². The molecule has 0 radical (unpaired) electrons. The molecule has 0 unspecified atom stereocenters. The lowest BCUT2D eigenvalue weighted by Crippen LogP contribution is -2.49. The molecule has 162 valence electrons. The van der Waals surface area contributed by atoms with Gasteiger partial charge in [0.05, 0.1) is 11.7 Å². The molecule has 0 bridgehead atoms. The number of rotatable bonds is 5. The fraction of sp³-hybridized carbons (Fsp3) is 0.625. The number of carbonyl (C=O) groups is 3. The number of piperidine rings is 1. The summed E-state index contributed by atoms with van der Waals surface area (Å²) in [6, 6.07) is 8.73. The predicted molar refractivity (Wildman–Crippen MR) is 113 cm³/mol. The lowest BCUT2D eigenvalue weighted by molar-refractivity contribution is -0.134. The van der Waals surface area contributed by atoms with Gasteiger partial charge in [0.2, 0.25) is 11.7 Å². The molecule has 1 aromatic rings. The number of nitrogens with one attached hydrogen (secondary N) is 1. The van der Waals surface area contributed by atoms with Crippen molar-refractivity contribution in [1.29, 1.82) is 0 Å². The van der Waals surface area contributed by atoms with Gasteiger partial charge in [0.25, 0.3) is 5.91 Å². The van der Waals surface area contributed by atoms with E-state index in [-0.39, 0.29) is 23.5 Å². The minimum atomic E-state index is -0.442. The van der Waals surface area contributed by atoms with E-state index < -0.39 is 11.7 Å². The highest BCUT2D eigenvalue weighted by molar-refractivity contribution is 6.42. The largest absolute Gasteiger partial charge is 0.370 e. The maximum Gasteiger partial charge on any atom is 0.294 e. The van der Waals surface area contributed by atoms with Crippen LogP contribution in [0.1, 0.15) is 68.1 Å². The zero-order valence-electron chi connectivity index (χ0n) is 17.6. The second kappa shape index (κ2) is 9.29. The maximum atomic E-state index is 12.6. The number of hydrogen-bond acceptors (Lipinski definition) is 4. The van der Waals surface area contributed by atoms with Crippen LogP contribution in [-0.2, 0) is 14.3 Å². The summed E-state index contributed by atoms with van der Waals surface area (Å²) in [5.41, 5.74) is 0.223. The fourth-order valence-corrected chi connectivity index (χ4v) is 5.10. The normalized spacial score (nSPS) is 24.0. The zero-order chi connectivity index (χ0) is 21.0. The van der Waals surface area contributed by atoms with Gasteiger partial charge in [-0.25, -0.2) is 0 Å². The quantitative estimate of drug-likeness (QED) is 0.596. The molecule has 1 N–H and O–H groups in total. The maximum absolute atomic E-state index is 12.6. The Morgan fingerprint density at radius 1 is 0.967 bits per heavy atom. The molecular weight excluding hydrogens is 380 g/mol. The van der Waals surface area contributed by atoms with Crippen molar-refractivity contribution in [3.63, 3.8) is 0 Å². The third-order valence-corrected chi connectivity index (χ3v) is 7.01. The van der Waals surface area contributed by atoms with Crippen molar-refractivity contribution in [2.24, 2.45) is 5.92 Å². The van der Waals surface area contributed by atoms with Gasteiger partial charge in [0.1, 0.15) is 0 Å². The van der Waals surface area contributed by atoms with Crippen molar-refractivity contribution in [3.8, 4) is 0 Å². The van der Waals surface area contributed by atoms with Crippen molar-refractivity contribution >= 4 is 17.6 Å². The van der Waals surface area contributed by atoms with Crippen LogP contribution in [0.25, 0.3) is 0 Å². The first-order chi connectivity index (χ1) is 14.6. The molecule has 30 heavy (non-hydrogen) atoms. The van der Waals surface area contributed by atoms with E-state index in [0.29, 0.717) is 25.2 Å². The topological polar surface area (TPSA) is 75.7 Å². The van der Waals surface area contributed by atoms with Gasteiger partial charge in [-0.1, -0.05) is 49.6 Å². The molecule has 1 spiro atoms. The number of hydrogen-bond donors (Lipinski definition) is 1. The summed E-state index contributed by atoms with van der Waals surface area (Å²) in [7, 11) is 0. The molecule has 4 rings (SSSR count). The number of Topliss-reactive ketones (excluding diaryl/α,β-unsaturated/α-hetero) is 1. The van der Waals surface area contributed by atoms with Crippen molar-refractivity contribution in [3.05, 3.63) is 35.9 Å². The molecule has 6 nitrogen and oxygen atoms in total.